The number of pyridine rings is 1. The van der Waals surface area contributed by atoms with Crippen LogP contribution in [0.2, 0.25) is 0 Å². The Morgan fingerprint density at radius 1 is 1.03 bits per heavy atom. The molecule has 0 amide bonds. The van der Waals surface area contributed by atoms with Gasteiger partial charge in [-0.1, -0.05) is 6.07 Å². The second-order valence-electron chi connectivity index (χ2n) is 7.49. The molecule has 3 N–H and O–H groups in total. The van der Waals surface area contributed by atoms with Crippen LogP contribution in [0.4, 0.5) is 15.9 Å². The van der Waals surface area contributed by atoms with Gasteiger partial charge in [0.05, 0.1) is 11.7 Å². The molecule has 0 radical (unpaired) electrons. The number of nitrogen functional groups attached to an aromatic ring is 1. The molecule has 30 heavy (non-hydrogen) atoms. The summed E-state index contributed by atoms with van der Waals surface area (Å²) in [6.07, 6.45) is 3.41. The number of aromatic nitrogens is 4. The van der Waals surface area contributed by atoms with Crippen LogP contribution in [0.25, 0.3) is 16.8 Å². The number of nitrogens with one attached hydrogen (secondary N) is 1. The minimum absolute atomic E-state index is 0.0354. The number of anilines is 2. The minimum atomic E-state index is -0.248. The Morgan fingerprint density at radius 2 is 1.83 bits per heavy atom. The highest BCUT2D eigenvalue weighted by Crippen LogP contribution is 2.36. The molecule has 150 valence electrons. The molecule has 0 aliphatic carbocycles. The highest BCUT2D eigenvalue weighted by atomic mass is 19.1. The quantitative estimate of drug-likeness (QED) is 0.531. The van der Waals surface area contributed by atoms with Gasteiger partial charge in [-0.25, -0.2) is 9.37 Å². The van der Waals surface area contributed by atoms with E-state index in [4.69, 9.17) is 5.73 Å². The molecule has 0 saturated carbocycles. The van der Waals surface area contributed by atoms with Crippen LogP contribution >= 0.6 is 0 Å². The van der Waals surface area contributed by atoms with Gasteiger partial charge in [-0.15, -0.1) is 10.2 Å². The molecular formula is C23H21FN6. The Labute approximate surface area is 173 Å². The molecule has 1 unspecified atom stereocenters. The van der Waals surface area contributed by atoms with E-state index in [-0.39, 0.29) is 11.9 Å². The second kappa shape index (κ2) is 7.26. The molecule has 0 bridgehead atoms. The third-order valence-corrected chi connectivity index (χ3v) is 5.50. The molecule has 7 heteroatoms. The number of hydrogen-bond acceptors (Lipinski definition) is 5. The van der Waals surface area contributed by atoms with Crippen molar-refractivity contribution in [3.63, 3.8) is 0 Å². The zero-order valence-electron chi connectivity index (χ0n) is 16.5. The number of nitrogens with zero attached hydrogens (tertiary/aromatic N) is 4. The van der Waals surface area contributed by atoms with Crippen molar-refractivity contribution in [2.45, 2.75) is 25.8 Å². The van der Waals surface area contributed by atoms with Gasteiger partial charge >= 0.3 is 0 Å². The van der Waals surface area contributed by atoms with Crippen molar-refractivity contribution in [2.75, 3.05) is 11.1 Å². The average molecular weight is 400 g/mol. The van der Waals surface area contributed by atoms with Crippen molar-refractivity contribution >= 4 is 11.5 Å². The summed E-state index contributed by atoms with van der Waals surface area (Å²) in [7, 11) is 0. The molecule has 6 nitrogen and oxygen atoms in total. The number of aryl methyl sites for hydroxylation is 2. The van der Waals surface area contributed by atoms with Crippen LogP contribution in [0.5, 0.6) is 0 Å². The van der Waals surface area contributed by atoms with Gasteiger partial charge in [-0.05, 0) is 73.0 Å². The fourth-order valence-electron chi connectivity index (χ4n) is 4.00. The maximum Gasteiger partial charge on any atom is 0.137 e. The summed E-state index contributed by atoms with van der Waals surface area (Å²) in [5, 5.41) is 12.2. The standard InChI is InChI=1S/C23H21FN6/c1-14-28-29-23-11-8-20(27-18-6-4-17(24)5-7-18)19-12-15(2-9-21(19)30(14)23)16-3-10-22(25)26-13-16/h2-7,9-10,12-13,20,27H,8,11H2,1H3,(H2,25,26). The highest BCUT2D eigenvalue weighted by molar-refractivity contribution is 5.68. The molecule has 3 heterocycles. The maximum atomic E-state index is 13.4. The molecule has 1 aliphatic rings. The van der Waals surface area contributed by atoms with Crippen molar-refractivity contribution < 1.29 is 4.39 Å². The fraction of sp³-hybridized carbons (Fsp3) is 0.174. The lowest BCUT2D eigenvalue weighted by molar-refractivity contribution is 0.627. The van der Waals surface area contributed by atoms with E-state index in [1.807, 2.05) is 13.0 Å². The summed E-state index contributed by atoms with van der Waals surface area (Å²) >= 11 is 0. The van der Waals surface area contributed by atoms with E-state index < -0.39 is 0 Å². The van der Waals surface area contributed by atoms with Crippen LogP contribution in [0.3, 0.4) is 0 Å². The first-order valence-corrected chi connectivity index (χ1v) is 9.88. The number of hydrogen-bond donors (Lipinski definition) is 2. The number of nitrogens with two attached hydrogens (primary N) is 1. The van der Waals surface area contributed by atoms with E-state index >= 15 is 0 Å². The van der Waals surface area contributed by atoms with E-state index in [1.165, 1.54) is 12.1 Å². The van der Waals surface area contributed by atoms with Crippen LogP contribution in [-0.4, -0.2) is 19.7 Å². The zero-order valence-corrected chi connectivity index (χ0v) is 16.5. The molecule has 2 aromatic carbocycles. The van der Waals surface area contributed by atoms with Gasteiger partial charge in [0.15, 0.2) is 0 Å². The number of benzene rings is 2. The van der Waals surface area contributed by atoms with Gasteiger partial charge in [-0.3, -0.25) is 4.57 Å². The lowest BCUT2D eigenvalue weighted by atomic mass is 9.96. The topological polar surface area (TPSA) is 81.7 Å². The van der Waals surface area contributed by atoms with Crippen molar-refractivity contribution in [3.8, 4) is 16.8 Å². The molecule has 1 aliphatic heterocycles. The third kappa shape index (κ3) is 3.28. The normalized spacial score (nSPS) is 15.2. The monoisotopic (exact) mass is 400 g/mol. The highest BCUT2D eigenvalue weighted by Gasteiger charge is 2.25. The zero-order chi connectivity index (χ0) is 20.7. The largest absolute Gasteiger partial charge is 0.384 e. The van der Waals surface area contributed by atoms with E-state index in [2.05, 4.69) is 43.3 Å². The molecule has 5 rings (SSSR count). The summed E-state index contributed by atoms with van der Waals surface area (Å²) in [4.78, 5) is 4.22. The summed E-state index contributed by atoms with van der Waals surface area (Å²) in [6.45, 7) is 1.96. The molecule has 4 aromatic rings. The van der Waals surface area contributed by atoms with Gasteiger partial charge in [0.1, 0.15) is 23.3 Å². The van der Waals surface area contributed by atoms with Gasteiger partial charge in [-0.2, -0.15) is 0 Å². The van der Waals surface area contributed by atoms with Crippen LogP contribution in [0, 0.1) is 12.7 Å². The number of rotatable bonds is 3. The van der Waals surface area contributed by atoms with Gasteiger partial charge in [0.2, 0.25) is 0 Å². The Kier molecular flexibility index (Phi) is 4.43. The molecular weight excluding hydrogens is 379 g/mol. The third-order valence-electron chi connectivity index (χ3n) is 5.50. The van der Waals surface area contributed by atoms with E-state index in [1.54, 1.807) is 24.4 Å². The molecule has 0 fully saturated rings. The number of halogens is 1. The summed E-state index contributed by atoms with van der Waals surface area (Å²) in [6, 6.07) is 16.6. The Hall–Kier alpha value is -3.74. The summed E-state index contributed by atoms with van der Waals surface area (Å²) in [5.41, 5.74) is 10.9. The fourth-order valence-corrected chi connectivity index (χ4v) is 4.00. The molecule has 2 aromatic heterocycles. The first kappa shape index (κ1) is 18.3. The SMILES string of the molecule is Cc1nnc2n1-c1ccc(-c3ccc(N)nc3)cc1C(Nc1ccc(F)cc1)CC2. The van der Waals surface area contributed by atoms with Gasteiger partial charge in [0, 0.05) is 23.9 Å². The summed E-state index contributed by atoms with van der Waals surface area (Å²) < 4.78 is 15.5. The van der Waals surface area contributed by atoms with Crippen LogP contribution in [0.15, 0.2) is 60.8 Å². The molecule has 0 saturated heterocycles. The second-order valence-corrected chi connectivity index (χ2v) is 7.49. The van der Waals surface area contributed by atoms with Gasteiger partial charge < -0.3 is 11.1 Å². The average Bonchev–Trinajstić information content (AvgIpc) is 3.05. The van der Waals surface area contributed by atoms with Crippen LogP contribution in [-0.2, 0) is 6.42 Å². The Morgan fingerprint density at radius 3 is 2.60 bits per heavy atom. The minimum Gasteiger partial charge on any atom is -0.384 e. The van der Waals surface area contributed by atoms with E-state index in [0.29, 0.717) is 5.82 Å². The molecule has 1 atom stereocenters. The Bertz CT molecular complexity index is 1200. The lowest BCUT2D eigenvalue weighted by Gasteiger charge is -2.22. The molecule has 0 spiro atoms. The first-order chi connectivity index (χ1) is 14.6. The lowest BCUT2D eigenvalue weighted by Crippen LogP contribution is -2.12. The van der Waals surface area contributed by atoms with Crippen molar-refractivity contribution in [1.29, 1.82) is 0 Å². The van der Waals surface area contributed by atoms with Crippen molar-refractivity contribution in [3.05, 3.63) is 83.8 Å². The summed E-state index contributed by atoms with van der Waals surface area (Å²) in [5.74, 6) is 2.05. The van der Waals surface area contributed by atoms with Crippen molar-refractivity contribution in [2.24, 2.45) is 0 Å². The van der Waals surface area contributed by atoms with Crippen LogP contribution < -0.4 is 11.1 Å². The van der Waals surface area contributed by atoms with E-state index in [0.717, 1.165) is 52.6 Å². The van der Waals surface area contributed by atoms with Gasteiger partial charge in [0.25, 0.3) is 0 Å². The Balaban J connectivity index is 1.62. The predicted octanol–water partition coefficient (Wildman–Crippen LogP) is 4.46. The smallest absolute Gasteiger partial charge is 0.137 e. The first-order valence-electron chi connectivity index (χ1n) is 9.88. The van der Waals surface area contributed by atoms with Crippen molar-refractivity contribution in [1.82, 2.24) is 19.7 Å². The van der Waals surface area contributed by atoms with Crippen LogP contribution in [0.1, 0.15) is 29.7 Å². The number of fused-ring (bicyclic) bond motifs is 3. The predicted molar refractivity (Wildman–Crippen MR) is 115 cm³/mol. The van der Waals surface area contributed by atoms with E-state index in [9.17, 15) is 4.39 Å². The maximum absolute atomic E-state index is 13.4.